The molecule has 0 spiro atoms. The van der Waals surface area contributed by atoms with Crippen molar-refractivity contribution in [3.8, 4) is 0 Å². The van der Waals surface area contributed by atoms with Crippen molar-refractivity contribution in [1.29, 1.82) is 0 Å². The molecule has 0 atom stereocenters. The van der Waals surface area contributed by atoms with E-state index in [1.54, 1.807) is 0 Å². The zero-order valence-electron chi connectivity index (χ0n) is 10.1. The molecular weight excluding hydrogens is 228 g/mol. The first-order valence-electron chi connectivity index (χ1n) is 5.57. The molecule has 0 bridgehead atoms. The van der Waals surface area contributed by atoms with Crippen molar-refractivity contribution in [3.63, 3.8) is 0 Å². The lowest BCUT2D eigenvalue weighted by molar-refractivity contribution is -0.374. The zero-order chi connectivity index (χ0) is 13.1. The van der Waals surface area contributed by atoms with Crippen molar-refractivity contribution in [2.45, 2.75) is 45.5 Å². The van der Waals surface area contributed by atoms with Gasteiger partial charge in [0.25, 0.3) is 0 Å². The van der Waals surface area contributed by atoms with E-state index in [0.29, 0.717) is 12.8 Å². The Balaban J connectivity index is 2.83. The van der Waals surface area contributed by atoms with E-state index in [4.69, 9.17) is 4.74 Å². The molecule has 0 amide bonds. The summed E-state index contributed by atoms with van der Waals surface area (Å²) in [6.07, 6.45) is 1.22. The molecule has 1 aliphatic heterocycles. The number of carbonyl (C=O) groups excluding carboxylic acids is 2. The van der Waals surface area contributed by atoms with Crippen molar-refractivity contribution in [1.82, 2.24) is 0 Å². The van der Waals surface area contributed by atoms with E-state index in [0.717, 1.165) is 0 Å². The molecule has 0 aromatic rings. The van der Waals surface area contributed by atoms with E-state index >= 15 is 0 Å². The van der Waals surface area contributed by atoms with E-state index in [9.17, 15) is 19.8 Å². The maximum absolute atomic E-state index is 11.3. The topological polar surface area (TPSA) is 93.1 Å². The Kier molecular flexibility index (Phi) is 4.11. The molecule has 17 heavy (non-hydrogen) atoms. The summed E-state index contributed by atoms with van der Waals surface area (Å²) >= 11 is 0. The molecule has 0 saturated carbocycles. The summed E-state index contributed by atoms with van der Waals surface area (Å²) in [7, 11) is 0. The molecule has 1 fully saturated rings. The quantitative estimate of drug-likeness (QED) is 0.472. The lowest BCUT2D eigenvalue weighted by atomic mass is 9.91. The Morgan fingerprint density at radius 1 is 1.06 bits per heavy atom. The van der Waals surface area contributed by atoms with E-state index < -0.39 is 23.3 Å². The number of ether oxygens (including phenoxy) is 2. The van der Waals surface area contributed by atoms with E-state index in [1.165, 1.54) is 13.8 Å². The third kappa shape index (κ3) is 3.67. The highest BCUT2D eigenvalue weighted by atomic mass is 16.8. The maximum atomic E-state index is 11.3. The van der Waals surface area contributed by atoms with Gasteiger partial charge in [0.15, 0.2) is 0 Å². The van der Waals surface area contributed by atoms with Gasteiger partial charge in [0.2, 0.25) is 0 Å². The highest BCUT2D eigenvalue weighted by Crippen LogP contribution is 2.31. The molecule has 1 saturated heterocycles. The molecule has 6 nitrogen and oxygen atoms in total. The highest BCUT2D eigenvalue weighted by molar-refractivity contribution is 5.71. The number of hydrogen-bond donors (Lipinski definition) is 2. The predicted octanol–water partition coefficient (Wildman–Crippen LogP) is 0.311. The van der Waals surface area contributed by atoms with Gasteiger partial charge in [0, 0.05) is 12.8 Å². The molecule has 1 aliphatic rings. The minimum Gasteiger partial charge on any atom is -0.465 e. The van der Waals surface area contributed by atoms with E-state index in [1.807, 2.05) is 0 Å². The van der Waals surface area contributed by atoms with Crippen molar-refractivity contribution < 1.29 is 29.3 Å². The number of esters is 2. The van der Waals surface area contributed by atoms with Crippen LogP contribution in [0, 0.1) is 5.41 Å². The fourth-order valence-corrected chi connectivity index (χ4v) is 1.31. The second kappa shape index (κ2) is 5.01. The minimum atomic E-state index is -2.64. The van der Waals surface area contributed by atoms with Gasteiger partial charge in [-0.2, -0.15) is 0 Å². The highest BCUT2D eigenvalue weighted by Gasteiger charge is 2.47. The summed E-state index contributed by atoms with van der Waals surface area (Å²) < 4.78 is 9.51. The van der Waals surface area contributed by atoms with E-state index in [-0.39, 0.29) is 19.4 Å². The fourth-order valence-electron chi connectivity index (χ4n) is 1.31. The number of hydrogen-bond acceptors (Lipinski definition) is 6. The molecule has 2 N–H and O–H groups in total. The van der Waals surface area contributed by atoms with Gasteiger partial charge >= 0.3 is 17.9 Å². The minimum absolute atomic E-state index is 0.0478. The Hall–Kier alpha value is -1.14. The van der Waals surface area contributed by atoms with Gasteiger partial charge in [-0.1, -0.05) is 0 Å². The summed E-state index contributed by atoms with van der Waals surface area (Å²) in [4.78, 5) is 22.6. The lowest BCUT2D eigenvalue weighted by Crippen LogP contribution is -2.51. The first kappa shape index (κ1) is 13.9. The number of rotatable bonds is 0. The Bertz CT molecular complexity index is 307. The predicted molar refractivity (Wildman–Crippen MR) is 56.5 cm³/mol. The van der Waals surface area contributed by atoms with Crippen LogP contribution >= 0.6 is 0 Å². The molecule has 1 heterocycles. The third-order valence-electron chi connectivity index (χ3n) is 2.74. The van der Waals surface area contributed by atoms with Gasteiger partial charge in [-0.15, -0.1) is 0 Å². The van der Waals surface area contributed by atoms with Crippen LogP contribution in [-0.2, 0) is 19.1 Å². The van der Waals surface area contributed by atoms with Crippen molar-refractivity contribution >= 4 is 11.9 Å². The Morgan fingerprint density at radius 3 is 2.18 bits per heavy atom. The summed E-state index contributed by atoms with van der Waals surface area (Å²) in [5.74, 6) is -3.75. The zero-order valence-corrected chi connectivity index (χ0v) is 10.1. The normalized spacial score (nSPS) is 25.4. The van der Waals surface area contributed by atoms with Crippen LogP contribution in [0.15, 0.2) is 0 Å². The van der Waals surface area contributed by atoms with Crippen LogP contribution in [0.5, 0.6) is 0 Å². The summed E-state index contributed by atoms with van der Waals surface area (Å²) in [5, 5.41) is 19.4. The van der Waals surface area contributed by atoms with Crippen LogP contribution in [0.2, 0.25) is 0 Å². The second-order valence-corrected chi connectivity index (χ2v) is 4.83. The second-order valence-electron chi connectivity index (χ2n) is 4.83. The summed E-state index contributed by atoms with van der Waals surface area (Å²) in [6, 6.07) is 0. The number of aliphatic hydroxyl groups is 2. The van der Waals surface area contributed by atoms with Crippen molar-refractivity contribution in [2.24, 2.45) is 5.41 Å². The standard InChI is InChI=1S/C11H18O6/c1-10(2)7-16-8(12)5-3-4-6-9(13)17-11(10,14)15/h14-15H,3-7H2,1-2H3. The largest absolute Gasteiger partial charge is 0.465 e. The van der Waals surface area contributed by atoms with Crippen molar-refractivity contribution in [2.75, 3.05) is 6.61 Å². The van der Waals surface area contributed by atoms with Crippen LogP contribution in [0.25, 0.3) is 0 Å². The van der Waals surface area contributed by atoms with Gasteiger partial charge in [0.05, 0.1) is 5.41 Å². The van der Waals surface area contributed by atoms with Crippen LogP contribution in [0.1, 0.15) is 39.5 Å². The SMILES string of the molecule is CC1(C)COC(=O)CCCCC(=O)OC1(O)O. The van der Waals surface area contributed by atoms with Crippen LogP contribution in [0.3, 0.4) is 0 Å². The Labute approximate surface area is 99.5 Å². The van der Waals surface area contributed by atoms with Gasteiger partial charge in [-0.05, 0) is 26.7 Å². The first-order valence-corrected chi connectivity index (χ1v) is 5.57. The average Bonchev–Trinajstić information content (AvgIpc) is 2.20. The lowest BCUT2D eigenvalue weighted by Gasteiger charge is -2.35. The maximum Gasteiger partial charge on any atom is 0.332 e. The number of cyclic esters (lactones) is 2. The van der Waals surface area contributed by atoms with Gasteiger partial charge < -0.3 is 19.7 Å². The van der Waals surface area contributed by atoms with Gasteiger partial charge in [-0.3, -0.25) is 9.59 Å². The van der Waals surface area contributed by atoms with Crippen molar-refractivity contribution in [3.05, 3.63) is 0 Å². The molecule has 0 radical (unpaired) electrons. The molecule has 98 valence electrons. The van der Waals surface area contributed by atoms with Crippen LogP contribution in [-0.4, -0.2) is 34.7 Å². The van der Waals surface area contributed by atoms with Gasteiger partial charge in [0.1, 0.15) is 6.61 Å². The Morgan fingerprint density at radius 2 is 1.59 bits per heavy atom. The molecule has 6 heteroatoms. The first-order chi connectivity index (χ1) is 7.74. The smallest absolute Gasteiger partial charge is 0.332 e. The average molecular weight is 246 g/mol. The monoisotopic (exact) mass is 246 g/mol. The summed E-state index contributed by atoms with van der Waals surface area (Å²) in [6.45, 7) is 2.64. The molecule has 0 aromatic heterocycles. The molecule has 1 rings (SSSR count). The molecule has 0 aliphatic carbocycles. The molecule has 0 unspecified atom stereocenters. The van der Waals surface area contributed by atoms with Crippen LogP contribution < -0.4 is 0 Å². The van der Waals surface area contributed by atoms with Crippen LogP contribution in [0.4, 0.5) is 0 Å². The van der Waals surface area contributed by atoms with Gasteiger partial charge in [-0.25, -0.2) is 0 Å². The number of carbonyl (C=O) groups is 2. The third-order valence-corrected chi connectivity index (χ3v) is 2.74. The molecule has 0 aromatic carbocycles. The van der Waals surface area contributed by atoms with E-state index in [2.05, 4.69) is 4.74 Å². The molecular formula is C11H18O6. The summed E-state index contributed by atoms with van der Waals surface area (Å²) in [5.41, 5.74) is -1.29. The fraction of sp³-hybridized carbons (Fsp3) is 0.818.